The molecule has 3 heteroatoms. The summed E-state index contributed by atoms with van der Waals surface area (Å²) in [6.07, 6.45) is 0. The summed E-state index contributed by atoms with van der Waals surface area (Å²) in [5.74, 6) is 1.000. The lowest BCUT2D eigenvalue weighted by molar-refractivity contribution is 0.726. The standard InChI is InChI=1S/C10H11BrN2/c1-7-6-12-10(13-7)8-4-2-3-5-9(8)11/h2-5,7H,6H2,1H3,(H,12,13). The summed E-state index contributed by atoms with van der Waals surface area (Å²) in [6.45, 7) is 3.00. The van der Waals surface area contributed by atoms with Gasteiger partial charge in [-0.25, -0.2) is 0 Å². The van der Waals surface area contributed by atoms with Crippen LogP contribution >= 0.6 is 15.9 Å². The van der Waals surface area contributed by atoms with E-state index in [0.29, 0.717) is 6.04 Å². The molecule has 1 aromatic carbocycles. The minimum Gasteiger partial charge on any atom is -0.366 e. The molecular formula is C10H11BrN2. The van der Waals surface area contributed by atoms with Crippen molar-refractivity contribution >= 4 is 21.8 Å². The fourth-order valence-corrected chi connectivity index (χ4v) is 1.84. The molecule has 1 atom stereocenters. The molecule has 0 amide bonds. The number of nitrogens with zero attached hydrogens (tertiary/aromatic N) is 1. The first-order chi connectivity index (χ1) is 6.27. The van der Waals surface area contributed by atoms with Crippen molar-refractivity contribution in [1.29, 1.82) is 0 Å². The zero-order valence-electron chi connectivity index (χ0n) is 7.42. The van der Waals surface area contributed by atoms with E-state index >= 15 is 0 Å². The second kappa shape index (κ2) is 3.50. The van der Waals surface area contributed by atoms with Gasteiger partial charge in [0.25, 0.3) is 0 Å². The molecule has 1 N–H and O–H groups in total. The minimum absolute atomic E-state index is 0.460. The molecule has 0 aliphatic carbocycles. The Kier molecular flexibility index (Phi) is 2.36. The van der Waals surface area contributed by atoms with Crippen molar-refractivity contribution in [2.24, 2.45) is 4.99 Å². The van der Waals surface area contributed by atoms with E-state index in [4.69, 9.17) is 0 Å². The van der Waals surface area contributed by atoms with E-state index < -0.39 is 0 Å². The van der Waals surface area contributed by atoms with Gasteiger partial charge in [0.1, 0.15) is 5.84 Å². The number of benzene rings is 1. The number of amidine groups is 1. The van der Waals surface area contributed by atoms with E-state index in [9.17, 15) is 0 Å². The Morgan fingerprint density at radius 1 is 1.46 bits per heavy atom. The SMILES string of the molecule is CC1CN=C(c2ccccc2Br)N1. The van der Waals surface area contributed by atoms with Crippen LogP contribution in [0.25, 0.3) is 0 Å². The highest BCUT2D eigenvalue weighted by molar-refractivity contribution is 9.10. The lowest BCUT2D eigenvalue weighted by atomic mass is 10.2. The Labute approximate surface area is 86.2 Å². The molecule has 1 aliphatic rings. The van der Waals surface area contributed by atoms with Gasteiger partial charge in [0.05, 0.1) is 6.54 Å². The molecule has 0 fully saturated rings. The number of hydrogen-bond donors (Lipinski definition) is 1. The van der Waals surface area contributed by atoms with Crippen molar-refractivity contribution in [3.8, 4) is 0 Å². The van der Waals surface area contributed by atoms with E-state index in [0.717, 1.165) is 22.4 Å². The van der Waals surface area contributed by atoms with Gasteiger partial charge in [-0.15, -0.1) is 0 Å². The van der Waals surface area contributed by atoms with Crippen LogP contribution in [-0.2, 0) is 0 Å². The summed E-state index contributed by atoms with van der Waals surface area (Å²) in [5, 5.41) is 3.33. The lowest BCUT2D eigenvalue weighted by Gasteiger charge is -2.07. The Balaban J connectivity index is 2.31. The van der Waals surface area contributed by atoms with Gasteiger partial charge in [-0.05, 0) is 13.0 Å². The van der Waals surface area contributed by atoms with E-state index in [1.54, 1.807) is 0 Å². The highest BCUT2D eigenvalue weighted by Gasteiger charge is 2.15. The van der Waals surface area contributed by atoms with Gasteiger partial charge in [-0.2, -0.15) is 0 Å². The average molecular weight is 239 g/mol. The summed E-state index contributed by atoms with van der Waals surface area (Å²) >= 11 is 3.51. The topological polar surface area (TPSA) is 24.4 Å². The number of rotatable bonds is 1. The van der Waals surface area contributed by atoms with Crippen LogP contribution in [0.4, 0.5) is 0 Å². The zero-order chi connectivity index (χ0) is 9.26. The predicted octanol–water partition coefficient (Wildman–Crippen LogP) is 2.19. The molecule has 2 rings (SSSR count). The molecule has 0 spiro atoms. The smallest absolute Gasteiger partial charge is 0.129 e. The Morgan fingerprint density at radius 2 is 2.23 bits per heavy atom. The highest BCUT2D eigenvalue weighted by Crippen LogP contribution is 2.17. The average Bonchev–Trinajstić information content (AvgIpc) is 2.53. The third kappa shape index (κ3) is 1.75. The zero-order valence-corrected chi connectivity index (χ0v) is 9.01. The highest BCUT2D eigenvalue weighted by atomic mass is 79.9. The first-order valence-electron chi connectivity index (χ1n) is 4.33. The van der Waals surface area contributed by atoms with Crippen molar-refractivity contribution in [2.45, 2.75) is 13.0 Å². The number of halogens is 1. The maximum atomic E-state index is 4.42. The molecule has 13 heavy (non-hydrogen) atoms. The van der Waals surface area contributed by atoms with E-state index in [2.05, 4.69) is 39.2 Å². The van der Waals surface area contributed by atoms with Gasteiger partial charge in [0, 0.05) is 16.1 Å². The first-order valence-corrected chi connectivity index (χ1v) is 5.12. The van der Waals surface area contributed by atoms with Crippen molar-refractivity contribution in [3.63, 3.8) is 0 Å². The Morgan fingerprint density at radius 3 is 2.85 bits per heavy atom. The van der Waals surface area contributed by atoms with Gasteiger partial charge < -0.3 is 5.32 Å². The monoisotopic (exact) mass is 238 g/mol. The summed E-state index contributed by atoms with van der Waals surface area (Å²) in [4.78, 5) is 4.42. The number of aliphatic imine (C=N–C) groups is 1. The fraction of sp³-hybridized carbons (Fsp3) is 0.300. The third-order valence-corrected chi connectivity index (χ3v) is 2.73. The van der Waals surface area contributed by atoms with Gasteiger partial charge in [0.2, 0.25) is 0 Å². The van der Waals surface area contributed by atoms with Crippen LogP contribution < -0.4 is 5.32 Å². The molecule has 2 nitrogen and oxygen atoms in total. The molecule has 1 aromatic rings. The van der Waals surface area contributed by atoms with Crippen LogP contribution in [0.3, 0.4) is 0 Å². The Hall–Kier alpha value is -0.830. The van der Waals surface area contributed by atoms with Crippen molar-refractivity contribution < 1.29 is 0 Å². The van der Waals surface area contributed by atoms with Crippen LogP contribution in [0.1, 0.15) is 12.5 Å². The number of hydrogen-bond acceptors (Lipinski definition) is 2. The molecule has 68 valence electrons. The quantitative estimate of drug-likeness (QED) is 0.798. The van der Waals surface area contributed by atoms with E-state index in [-0.39, 0.29) is 0 Å². The molecule has 1 aliphatic heterocycles. The first kappa shape index (κ1) is 8.75. The van der Waals surface area contributed by atoms with Crippen LogP contribution in [0.2, 0.25) is 0 Å². The van der Waals surface area contributed by atoms with Crippen molar-refractivity contribution in [3.05, 3.63) is 34.3 Å². The maximum Gasteiger partial charge on any atom is 0.129 e. The molecule has 0 radical (unpaired) electrons. The van der Waals surface area contributed by atoms with E-state index in [1.807, 2.05) is 18.2 Å². The van der Waals surface area contributed by atoms with Crippen molar-refractivity contribution in [1.82, 2.24) is 5.32 Å². The summed E-state index contributed by atoms with van der Waals surface area (Å²) in [5.41, 5.74) is 1.15. The molecule has 0 saturated carbocycles. The maximum absolute atomic E-state index is 4.42. The van der Waals surface area contributed by atoms with Gasteiger partial charge >= 0.3 is 0 Å². The predicted molar refractivity (Wildman–Crippen MR) is 58.1 cm³/mol. The largest absolute Gasteiger partial charge is 0.366 e. The molecule has 0 aromatic heterocycles. The molecule has 1 heterocycles. The lowest BCUT2D eigenvalue weighted by Crippen LogP contribution is -2.27. The van der Waals surface area contributed by atoms with Gasteiger partial charge in [-0.3, -0.25) is 4.99 Å². The van der Waals surface area contributed by atoms with Crippen LogP contribution in [0.15, 0.2) is 33.7 Å². The van der Waals surface area contributed by atoms with E-state index in [1.165, 1.54) is 0 Å². The summed E-state index contributed by atoms with van der Waals surface area (Å²) in [6, 6.07) is 8.58. The molecule has 0 saturated heterocycles. The van der Waals surface area contributed by atoms with Gasteiger partial charge in [-0.1, -0.05) is 34.1 Å². The minimum atomic E-state index is 0.460. The Bertz CT molecular complexity index is 347. The van der Waals surface area contributed by atoms with Crippen LogP contribution in [-0.4, -0.2) is 18.4 Å². The van der Waals surface area contributed by atoms with Crippen LogP contribution in [0, 0.1) is 0 Å². The molecular weight excluding hydrogens is 228 g/mol. The normalized spacial score (nSPS) is 21.1. The van der Waals surface area contributed by atoms with Crippen LogP contribution in [0.5, 0.6) is 0 Å². The number of nitrogens with one attached hydrogen (secondary N) is 1. The molecule has 1 unspecified atom stereocenters. The summed E-state index contributed by atoms with van der Waals surface area (Å²) < 4.78 is 1.09. The fourth-order valence-electron chi connectivity index (χ4n) is 1.37. The second-order valence-electron chi connectivity index (χ2n) is 3.21. The molecule has 0 bridgehead atoms. The van der Waals surface area contributed by atoms with Gasteiger partial charge in [0.15, 0.2) is 0 Å². The van der Waals surface area contributed by atoms with Crippen molar-refractivity contribution in [2.75, 3.05) is 6.54 Å². The summed E-state index contributed by atoms with van der Waals surface area (Å²) in [7, 11) is 0. The second-order valence-corrected chi connectivity index (χ2v) is 4.07. The third-order valence-electron chi connectivity index (χ3n) is 2.04.